The first-order valence-electron chi connectivity index (χ1n) is 17.9. The van der Waals surface area contributed by atoms with Crippen LogP contribution >= 0.6 is 0 Å². The van der Waals surface area contributed by atoms with Crippen LogP contribution in [0.4, 0.5) is 5.69 Å². The maximum Gasteiger partial charge on any atom is 0.252 e. The van der Waals surface area contributed by atoms with E-state index >= 15 is 4.79 Å². The van der Waals surface area contributed by atoms with E-state index in [1.54, 1.807) is 35.5 Å². The number of fused-ring (bicyclic) bond motifs is 1. The van der Waals surface area contributed by atoms with Crippen molar-refractivity contribution in [3.8, 4) is 17.2 Å². The van der Waals surface area contributed by atoms with E-state index in [2.05, 4.69) is 15.6 Å². The number of sulfonamides is 1. The Morgan fingerprint density at radius 2 is 1.54 bits per heavy atom. The average Bonchev–Trinajstić information content (AvgIpc) is 3.60. The second kappa shape index (κ2) is 15.9. The number of methoxy groups -OCH3 is 3. The molecule has 278 valence electrons. The minimum atomic E-state index is -3.80. The van der Waals surface area contributed by atoms with Crippen molar-refractivity contribution in [2.24, 2.45) is 0 Å². The van der Waals surface area contributed by atoms with Gasteiger partial charge in [-0.2, -0.15) is 4.31 Å². The van der Waals surface area contributed by atoms with Crippen molar-refractivity contribution in [3.63, 3.8) is 0 Å². The summed E-state index contributed by atoms with van der Waals surface area (Å²) in [7, 11) is 0.666. The van der Waals surface area contributed by atoms with Crippen LogP contribution in [0.5, 0.6) is 17.2 Å². The topological polar surface area (TPSA) is 145 Å². The summed E-state index contributed by atoms with van der Waals surface area (Å²) in [6.45, 7) is 4.08. The molecule has 1 N–H and O–H groups in total. The van der Waals surface area contributed by atoms with E-state index in [0.29, 0.717) is 46.1 Å². The normalized spacial score (nSPS) is 18.4. The van der Waals surface area contributed by atoms with Crippen molar-refractivity contribution in [3.05, 3.63) is 66.2 Å². The lowest BCUT2D eigenvalue weighted by Gasteiger charge is -2.35. The Hall–Kier alpha value is -4.69. The number of aromatic nitrogens is 3. The van der Waals surface area contributed by atoms with Gasteiger partial charge in [0, 0.05) is 24.3 Å². The summed E-state index contributed by atoms with van der Waals surface area (Å²) in [6, 6.07) is 14.5. The van der Waals surface area contributed by atoms with Crippen LogP contribution in [0, 0.1) is 0 Å². The molecule has 2 heterocycles. The van der Waals surface area contributed by atoms with E-state index in [4.69, 9.17) is 14.2 Å². The third-order valence-corrected chi connectivity index (χ3v) is 12.3. The van der Waals surface area contributed by atoms with Gasteiger partial charge in [0.05, 0.1) is 31.7 Å². The number of ether oxygens (including phenoxy) is 3. The molecule has 2 amide bonds. The number of para-hydroxylation sites is 1. The summed E-state index contributed by atoms with van der Waals surface area (Å²) in [4.78, 5) is 31.3. The van der Waals surface area contributed by atoms with E-state index < -0.39 is 33.9 Å². The number of carbonyl (C=O) groups excluding carboxylic acids is 2. The molecular formula is C38H48N6O7S. The number of benzene rings is 3. The number of hydrogen-bond donors (Lipinski definition) is 1. The molecule has 14 heteroatoms. The standard InChI is InChI=1S/C38H48N6O7S/c1-25-13-11-12-22-42(25)52(47,48)30-20-18-29(19-21-30)43(38(46)26(2)44-32-17-10-9-16-31(32)40-41-44)35(37(45)39-28-14-7-6-8-15-28)27-23-33(49-3)36(51-5)34(24-27)50-4/h9-10,16-21,23-26,28,35H,6-8,11-15,22H2,1-5H3,(H,39,45)/t25-,26-,35+/m1/s1. The van der Waals surface area contributed by atoms with Gasteiger partial charge in [-0.05, 0) is 93.6 Å². The molecular weight excluding hydrogens is 685 g/mol. The van der Waals surface area contributed by atoms with Crippen LogP contribution in [0.25, 0.3) is 11.0 Å². The fourth-order valence-electron chi connectivity index (χ4n) is 7.43. The van der Waals surface area contributed by atoms with Crippen LogP contribution in [-0.2, 0) is 19.6 Å². The number of nitrogens with one attached hydrogen (secondary N) is 1. The van der Waals surface area contributed by atoms with Gasteiger partial charge in [0.1, 0.15) is 17.6 Å². The summed E-state index contributed by atoms with van der Waals surface area (Å²) in [5, 5.41) is 11.8. The molecule has 3 atom stereocenters. The number of piperidine rings is 1. The van der Waals surface area contributed by atoms with Gasteiger partial charge in [0.2, 0.25) is 21.7 Å². The van der Waals surface area contributed by atoms with Crippen molar-refractivity contribution < 1.29 is 32.2 Å². The molecule has 13 nitrogen and oxygen atoms in total. The van der Waals surface area contributed by atoms with Crippen molar-refractivity contribution in [1.29, 1.82) is 0 Å². The molecule has 0 radical (unpaired) electrons. The Morgan fingerprint density at radius 1 is 0.885 bits per heavy atom. The zero-order valence-electron chi connectivity index (χ0n) is 30.4. The van der Waals surface area contributed by atoms with Gasteiger partial charge in [-0.3, -0.25) is 14.5 Å². The largest absolute Gasteiger partial charge is 0.493 e. The fraction of sp³-hybridized carbons (Fsp3) is 0.474. The van der Waals surface area contributed by atoms with E-state index in [1.807, 2.05) is 31.2 Å². The third kappa shape index (κ3) is 7.31. The first kappa shape index (κ1) is 37.1. The predicted octanol–water partition coefficient (Wildman–Crippen LogP) is 5.80. The van der Waals surface area contributed by atoms with Gasteiger partial charge in [0.25, 0.3) is 5.91 Å². The monoisotopic (exact) mass is 732 g/mol. The maximum absolute atomic E-state index is 15.0. The summed E-state index contributed by atoms with van der Waals surface area (Å²) in [5.41, 5.74) is 2.00. The minimum Gasteiger partial charge on any atom is -0.493 e. The van der Waals surface area contributed by atoms with Gasteiger partial charge in [0.15, 0.2) is 11.5 Å². The SMILES string of the molecule is COc1cc([C@@H](C(=O)NC2CCCCC2)N(C(=O)[C@@H](C)n2nnc3ccccc32)c2ccc(S(=O)(=O)N3CCCC[C@H]3C)cc2)cc(OC)c1OC. The molecule has 1 aromatic heterocycles. The molecule has 0 unspecified atom stereocenters. The second-order valence-corrected chi connectivity index (χ2v) is 15.5. The lowest BCUT2D eigenvalue weighted by molar-refractivity contribution is -0.128. The molecule has 3 aromatic carbocycles. The molecule has 1 saturated heterocycles. The summed E-state index contributed by atoms with van der Waals surface area (Å²) in [6.07, 6.45) is 7.30. The summed E-state index contributed by atoms with van der Waals surface area (Å²) < 4.78 is 47.7. The number of hydrogen-bond acceptors (Lipinski definition) is 9. The third-order valence-electron chi connectivity index (χ3n) is 10.3. The van der Waals surface area contributed by atoms with Crippen LogP contribution in [0.1, 0.15) is 82.9 Å². The molecule has 6 rings (SSSR count). The molecule has 0 spiro atoms. The highest BCUT2D eigenvalue weighted by atomic mass is 32.2. The molecule has 4 aromatic rings. The van der Waals surface area contributed by atoms with Gasteiger partial charge >= 0.3 is 0 Å². The van der Waals surface area contributed by atoms with E-state index in [9.17, 15) is 13.2 Å². The predicted molar refractivity (Wildman–Crippen MR) is 197 cm³/mol. The maximum atomic E-state index is 15.0. The fourth-order valence-corrected chi connectivity index (χ4v) is 9.13. The molecule has 0 bridgehead atoms. The smallest absolute Gasteiger partial charge is 0.252 e. The number of anilines is 1. The molecule has 2 fully saturated rings. The Kier molecular flexibility index (Phi) is 11.3. The van der Waals surface area contributed by atoms with Gasteiger partial charge in [-0.1, -0.05) is 43.0 Å². The number of nitrogens with zero attached hydrogens (tertiary/aromatic N) is 5. The molecule has 1 aliphatic heterocycles. The minimum absolute atomic E-state index is 0.0709. The zero-order chi connectivity index (χ0) is 37.0. The Labute approximate surface area is 305 Å². The Bertz CT molecular complexity index is 1970. The van der Waals surface area contributed by atoms with E-state index in [1.165, 1.54) is 43.0 Å². The number of amides is 2. The highest BCUT2D eigenvalue weighted by molar-refractivity contribution is 7.89. The van der Waals surface area contributed by atoms with Crippen molar-refractivity contribution >= 4 is 38.6 Å². The van der Waals surface area contributed by atoms with Crippen LogP contribution in [0.2, 0.25) is 0 Å². The van der Waals surface area contributed by atoms with Gasteiger partial charge in [-0.15, -0.1) is 5.10 Å². The van der Waals surface area contributed by atoms with E-state index in [-0.39, 0.29) is 17.0 Å². The van der Waals surface area contributed by atoms with Crippen molar-refractivity contribution in [2.75, 3.05) is 32.8 Å². The number of carbonyl (C=O) groups is 2. The van der Waals surface area contributed by atoms with Gasteiger partial charge < -0.3 is 19.5 Å². The highest BCUT2D eigenvalue weighted by Gasteiger charge is 2.39. The number of rotatable bonds is 12. The van der Waals surface area contributed by atoms with Gasteiger partial charge in [-0.25, -0.2) is 13.1 Å². The zero-order valence-corrected chi connectivity index (χ0v) is 31.3. The van der Waals surface area contributed by atoms with Crippen LogP contribution in [-0.4, -0.2) is 79.5 Å². The first-order valence-corrected chi connectivity index (χ1v) is 19.4. The Morgan fingerprint density at radius 3 is 2.17 bits per heavy atom. The summed E-state index contributed by atoms with van der Waals surface area (Å²) in [5.74, 6) is 0.0961. The molecule has 52 heavy (non-hydrogen) atoms. The van der Waals surface area contributed by atoms with Crippen molar-refractivity contribution in [1.82, 2.24) is 24.6 Å². The van der Waals surface area contributed by atoms with Crippen LogP contribution in [0.3, 0.4) is 0 Å². The summed E-state index contributed by atoms with van der Waals surface area (Å²) >= 11 is 0. The van der Waals surface area contributed by atoms with Crippen LogP contribution in [0.15, 0.2) is 65.6 Å². The lowest BCUT2D eigenvalue weighted by Crippen LogP contribution is -2.49. The molecule has 2 aliphatic rings. The molecule has 1 saturated carbocycles. The first-order chi connectivity index (χ1) is 25.1. The van der Waals surface area contributed by atoms with Crippen LogP contribution < -0.4 is 24.4 Å². The molecule has 1 aliphatic carbocycles. The average molecular weight is 733 g/mol. The second-order valence-electron chi connectivity index (χ2n) is 13.6. The van der Waals surface area contributed by atoms with E-state index in [0.717, 1.165) is 51.4 Å². The Balaban J connectivity index is 1.50. The lowest BCUT2D eigenvalue weighted by atomic mass is 9.94. The quantitative estimate of drug-likeness (QED) is 0.191. The highest BCUT2D eigenvalue weighted by Crippen LogP contribution is 2.42. The van der Waals surface area contributed by atoms with Crippen molar-refractivity contribution in [2.45, 2.75) is 94.3 Å².